The number of nitrogens with one attached hydrogen (secondary N) is 1. The number of nitrogens with zero attached hydrogens (tertiary/aromatic N) is 1. The van der Waals surface area contributed by atoms with Crippen LogP contribution in [0.4, 0.5) is 0 Å². The van der Waals surface area contributed by atoms with Gasteiger partial charge in [0.25, 0.3) is 5.91 Å². The highest BCUT2D eigenvalue weighted by Crippen LogP contribution is 2.38. The molecule has 0 aliphatic carbocycles. The van der Waals surface area contributed by atoms with Crippen LogP contribution in [0.15, 0.2) is 48.9 Å². The number of hydrogen-bond donors (Lipinski definition) is 1. The first kappa shape index (κ1) is 20.7. The lowest BCUT2D eigenvalue weighted by molar-refractivity contribution is -0.123. The lowest BCUT2D eigenvalue weighted by Crippen LogP contribution is -2.24. The predicted molar refractivity (Wildman–Crippen MR) is 110 cm³/mol. The van der Waals surface area contributed by atoms with Crippen molar-refractivity contribution in [3.63, 3.8) is 0 Å². The third-order valence-corrected chi connectivity index (χ3v) is 4.67. The molecule has 0 saturated carbocycles. The molecule has 0 unspecified atom stereocenters. The minimum Gasteiger partial charge on any atom is -0.496 e. The first-order valence-corrected chi connectivity index (χ1v) is 9.63. The first-order chi connectivity index (χ1) is 12.4. The fraction of sp³-hybridized carbons (Fsp3) is 0.176. The van der Waals surface area contributed by atoms with Crippen molar-refractivity contribution < 1.29 is 19.0 Å². The molecule has 2 rings (SSSR count). The van der Waals surface area contributed by atoms with Crippen molar-refractivity contribution in [3.8, 4) is 17.2 Å². The average molecular weight is 551 g/mol. The maximum absolute atomic E-state index is 12.0. The number of hydrogen-bond acceptors (Lipinski definition) is 5. The molecule has 0 radical (unpaired) electrons. The molecule has 138 valence electrons. The van der Waals surface area contributed by atoms with E-state index in [0.29, 0.717) is 21.7 Å². The molecule has 26 heavy (non-hydrogen) atoms. The average Bonchev–Trinajstić information content (AvgIpc) is 2.60. The van der Waals surface area contributed by atoms with Gasteiger partial charge in [0, 0.05) is 14.5 Å². The Morgan fingerprint density at radius 2 is 1.81 bits per heavy atom. The fourth-order valence-electron chi connectivity index (χ4n) is 1.98. The maximum atomic E-state index is 12.0. The summed E-state index contributed by atoms with van der Waals surface area (Å²) in [5.74, 6) is 1.17. The van der Waals surface area contributed by atoms with Gasteiger partial charge >= 0.3 is 0 Å². The molecule has 1 N–H and O–H groups in total. The van der Waals surface area contributed by atoms with Crippen molar-refractivity contribution in [1.82, 2.24) is 5.43 Å². The SMILES string of the molecule is COc1ccc(Br)cc1/C=N/NC(=O)COc1c(Br)cc(Br)cc1OC. The number of methoxy groups -OCH3 is 2. The minimum absolute atomic E-state index is 0.219. The molecule has 0 bridgehead atoms. The highest BCUT2D eigenvalue weighted by molar-refractivity contribution is 9.11. The smallest absolute Gasteiger partial charge is 0.277 e. The standard InChI is InChI=1S/C17H15Br3N2O4/c1-24-14-4-3-11(18)5-10(14)8-21-22-16(23)9-26-17-13(20)6-12(19)7-15(17)25-2/h3-8H,9H2,1-2H3,(H,22,23)/b21-8+. The minimum atomic E-state index is -0.410. The lowest BCUT2D eigenvalue weighted by atomic mass is 10.2. The third-order valence-electron chi connectivity index (χ3n) is 3.13. The maximum Gasteiger partial charge on any atom is 0.277 e. The van der Waals surface area contributed by atoms with E-state index in [4.69, 9.17) is 14.2 Å². The monoisotopic (exact) mass is 548 g/mol. The summed E-state index contributed by atoms with van der Waals surface area (Å²) in [4.78, 5) is 12.0. The van der Waals surface area contributed by atoms with E-state index in [0.717, 1.165) is 14.5 Å². The van der Waals surface area contributed by atoms with Gasteiger partial charge in [-0.05, 0) is 46.3 Å². The van der Waals surface area contributed by atoms with Gasteiger partial charge in [-0.3, -0.25) is 4.79 Å². The molecular formula is C17H15Br3N2O4. The van der Waals surface area contributed by atoms with E-state index < -0.39 is 5.91 Å². The molecule has 0 fully saturated rings. The zero-order chi connectivity index (χ0) is 19.1. The van der Waals surface area contributed by atoms with Crippen molar-refractivity contribution in [2.24, 2.45) is 5.10 Å². The molecule has 0 spiro atoms. The van der Waals surface area contributed by atoms with Gasteiger partial charge in [0.1, 0.15) is 5.75 Å². The molecule has 6 nitrogen and oxygen atoms in total. The summed E-state index contributed by atoms with van der Waals surface area (Å²) in [6.45, 7) is -0.219. The van der Waals surface area contributed by atoms with Crippen LogP contribution in [-0.4, -0.2) is 32.9 Å². The second kappa shape index (κ2) is 9.94. The molecule has 0 atom stereocenters. The highest BCUT2D eigenvalue weighted by atomic mass is 79.9. The van der Waals surface area contributed by atoms with Gasteiger partial charge < -0.3 is 14.2 Å². The number of ether oxygens (including phenoxy) is 3. The third kappa shape index (κ3) is 5.72. The van der Waals surface area contributed by atoms with Gasteiger partial charge in [-0.1, -0.05) is 31.9 Å². The predicted octanol–water partition coefficient (Wildman–Crippen LogP) is 4.52. The number of carbonyl (C=O) groups excluding carboxylic acids is 1. The quantitative estimate of drug-likeness (QED) is 0.406. The van der Waals surface area contributed by atoms with Crippen LogP contribution in [0.25, 0.3) is 0 Å². The number of halogens is 3. The van der Waals surface area contributed by atoms with E-state index >= 15 is 0 Å². The van der Waals surface area contributed by atoms with Gasteiger partial charge in [-0.2, -0.15) is 5.10 Å². The molecule has 0 aliphatic heterocycles. The summed E-state index contributed by atoms with van der Waals surface area (Å²) >= 11 is 10.1. The largest absolute Gasteiger partial charge is 0.496 e. The summed E-state index contributed by atoms with van der Waals surface area (Å²) in [5.41, 5.74) is 3.13. The molecule has 9 heteroatoms. The number of hydrazone groups is 1. The Balaban J connectivity index is 1.97. The number of amides is 1. The second-order valence-corrected chi connectivity index (χ2v) is 7.57. The normalized spacial score (nSPS) is 10.7. The van der Waals surface area contributed by atoms with Gasteiger partial charge in [0.15, 0.2) is 18.1 Å². The number of carbonyl (C=O) groups is 1. The molecule has 0 aromatic heterocycles. The van der Waals surface area contributed by atoms with Crippen LogP contribution >= 0.6 is 47.8 Å². The lowest BCUT2D eigenvalue weighted by Gasteiger charge is -2.12. The summed E-state index contributed by atoms with van der Waals surface area (Å²) < 4.78 is 18.4. The Hall–Kier alpha value is -1.58. The van der Waals surface area contributed by atoms with Crippen LogP contribution in [-0.2, 0) is 4.79 Å². The first-order valence-electron chi connectivity index (χ1n) is 7.26. The molecule has 0 saturated heterocycles. The molecule has 0 aliphatic rings. The van der Waals surface area contributed by atoms with Crippen LogP contribution in [0.1, 0.15) is 5.56 Å². The number of benzene rings is 2. The molecule has 1 amide bonds. The Morgan fingerprint density at radius 1 is 1.08 bits per heavy atom. The van der Waals surface area contributed by atoms with Crippen LogP contribution in [0.2, 0.25) is 0 Å². The van der Waals surface area contributed by atoms with Gasteiger partial charge in [-0.15, -0.1) is 0 Å². The van der Waals surface area contributed by atoms with Crippen molar-refractivity contribution in [2.75, 3.05) is 20.8 Å². The topological polar surface area (TPSA) is 69.2 Å². The Kier molecular flexibility index (Phi) is 7.92. The summed E-state index contributed by atoms with van der Waals surface area (Å²) in [6.07, 6.45) is 1.50. The van der Waals surface area contributed by atoms with Crippen LogP contribution in [0.5, 0.6) is 17.2 Å². The summed E-state index contributed by atoms with van der Waals surface area (Å²) in [6, 6.07) is 9.03. The zero-order valence-electron chi connectivity index (χ0n) is 13.9. The highest BCUT2D eigenvalue weighted by Gasteiger charge is 2.12. The van der Waals surface area contributed by atoms with E-state index in [-0.39, 0.29) is 6.61 Å². The van der Waals surface area contributed by atoms with Crippen molar-refractivity contribution >= 4 is 59.9 Å². The van der Waals surface area contributed by atoms with Crippen LogP contribution in [0, 0.1) is 0 Å². The van der Waals surface area contributed by atoms with E-state index in [2.05, 4.69) is 58.3 Å². The Bertz CT molecular complexity index is 828. The van der Waals surface area contributed by atoms with Crippen molar-refractivity contribution in [2.45, 2.75) is 0 Å². The van der Waals surface area contributed by atoms with Gasteiger partial charge in [0.2, 0.25) is 0 Å². The van der Waals surface area contributed by atoms with E-state index in [9.17, 15) is 4.79 Å². The number of rotatable bonds is 7. The van der Waals surface area contributed by atoms with Gasteiger partial charge in [0.05, 0.1) is 24.9 Å². The van der Waals surface area contributed by atoms with E-state index in [1.807, 2.05) is 12.1 Å². The Labute approximate surface area is 176 Å². The fourth-order valence-corrected chi connectivity index (χ4v) is 3.66. The van der Waals surface area contributed by atoms with E-state index in [1.54, 1.807) is 25.3 Å². The summed E-state index contributed by atoms with van der Waals surface area (Å²) in [5, 5.41) is 3.93. The van der Waals surface area contributed by atoms with Crippen LogP contribution in [0.3, 0.4) is 0 Å². The molecule has 0 heterocycles. The molecular weight excluding hydrogens is 536 g/mol. The Morgan fingerprint density at radius 3 is 2.50 bits per heavy atom. The molecule has 2 aromatic rings. The van der Waals surface area contributed by atoms with E-state index in [1.165, 1.54) is 13.3 Å². The van der Waals surface area contributed by atoms with Gasteiger partial charge in [-0.25, -0.2) is 5.43 Å². The zero-order valence-corrected chi connectivity index (χ0v) is 18.6. The second-order valence-electron chi connectivity index (χ2n) is 4.89. The van der Waals surface area contributed by atoms with Crippen molar-refractivity contribution in [1.29, 1.82) is 0 Å². The summed E-state index contributed by atoms with van der Waals surface area (Å²) in [7, 11) is 3.09. The van der Waals surface area contributed by atoms with Crippen molar-refractivity contribution in [3.05, 3.63) is 49.3 Å². The van der Waals surface area contributed by atoms with Crippen LogP contribution < -0.4 is 19.6 Å². The molecule has 2 aromatic carbocycles.